The molecule has 0 aromatic rings. The molecule has 0 aliphatic carbocycles. The fraction of sp³-hybridized carbons (Fsp3) is 0.857. The second kappa shape index (κ2) is 5.93. The molecule has 0 spiro atoms. The van der Waals surface area contributed by atoms with Gasteiger partial charge in [0.1, 0.15) is 0 Å². The molecular formula is C7H16N2O3. The van der Waals surface area contributed by atoms with Gasteiger partial charge in [0.15, 0.2) is 0 Å². The zero-order valence-corrected chi connectivity index (χ0v) is 7.16. The minimum absolute atomic E-state index is 0.0660. The van der Waals surface area contributed by atoms with Crippen LogP contribution in [0.15, 0.2) is 0 Å². The molecule has 1 amide bonds. The van der Waals surface area contributed by atoms with Gasteiger partial charge < -0.3 is 21.3 Å². The molecule has 0 radical (unpaired) electrons. The monoisotopic (exact) mass is 176 g/mol. The van der Waals surface area contributed by atoms with Gasteiger partial charge in [-0.15, -0.1) is 0 Å². The van der Waals surface area contributed by atoms with Crippen LogP contribution in [0.2, 0.25) is 0 Å². The van der Waals surface area contributed by atoms with Gasteiger partial charge in [-0.05, 0) is 6.92 Å². The quantitative estimate of drug-likeness (QED) is 0.383. The SMILES string of the molecule is CC(CC(N)=O)NC[C@H](O)CO. The maximum Gasteiger partial charge on any atom is 0.218 e. The van der Waals surface area contributed by atoms with Crippen LogP contribution in [-0.4, -0.2) is 41.4 Å². The van der Waals surface area contributed by atoms with Crippen molar-refractivity contribution in [3.05, 3.63) is 0 Å². The summed E-state index contributed by atoms with van der Waals surface area (Å²) in [4.78, 5) is 10.4. The molecule has 0 aliphatic rings. The molecule has 72 valence electrons. The minimum atomic E-state index is -0.777. The van der Waals surface area contributed by atoms with Crippen LogP contribution in [0, 0.1) is 0 Å². The second-order valence-electron chi connectivity index (χ2n) is 2.82. The number of amides is 1. The highest BCUT2D eigenvalue weighted by atomic mass is 16.3. The Morgan fingerprint density at radius 2 is 2.25 bits per heavy atom. The molecule has 0 aromatic heterocycles. The molecule has 2 atom stereocenters. The van der Waals surface area contributed by atoms with Crippen LogP contribution in [0.3, 0.4) is 0 Å². The zero-order chi connectivity index (χ0) is 9.56. The van der Waals surface area contributed by atoms with E-state index in [0.717, 1.165) is 0 Å². The Morgan fingerprint density at radius 1 is 1.67 bits per heavy atom. The second-order valence-corrected chi connectivity index (χ2v) is 2.82. The molecular weight excluding hydrogens is 160 g/mol. The zero-order valence-electron chi connectivity index (χ0n) is 7.16. The normalized spacial score (nSPS) is 15.6. The van der Waals surface area contributed by atoms with Crippen molar-refractivity contribution in [3.8, 4) is 0 Å². The number of nitrogens with one attached hydrogen (secondary N) is 1. The molecule has 1 unspecified atom stereocenters. The predicted molar refractivity (Wildman–Crippen MR) is 44.4 cm³/mol. The van der Waals surface area contributed by atoms with E-state index in [2.05, 4.69) is 5.32 Å². The van der Waals surface area contributed by atoms with Gasteiger partial charge in [0.25, 0.3) is 0 Å². The Hall–Kier alpha value is -0.650. The fourth-order valence-electron chi connectivity index (χ4n) is 0.776. The van der Waals surface area contributed by atoms with E-state index >= 15 is 0 Å². The van der Waals surface area contributed by atoms with Gasteiger partial charge in [-0.2, -0.15) is 0 Å². The highest BCUT2D eigenvalue weighted by Gasteiger charge is 2.07. The highest BCUT2D eigenvalue weighted by Crippen LogP contribution is 1.89. The van der Waals surface area contributed by atoms with Crippen molar-refractivity contribution in [2.75, 3.05) is 13.2 Å². The first-order valence-corrected chi connectivity index (χ1v) is 3.87. The standard InChI is InChI=1S/C7H16N2O3/c1-5(2-7(8)12)9-3-6(11)4-10/h5-6,9-11H,2-4H2,1H3,(H2,8,12)/t5?,6-/m0/s1. The molecule has 0 saturated carbocycles. The van der Waals surface area contributed by atoms with Gasteiger partial charge in [-0.1, -0.05) is 0 Å². The number of nitrogens with two attached hydrogens (primary N) is 1. The number of rotatable bonds is 6. The van der Waals surface area contributed by atoms with Crippen LogP contribution in [0.25, 0.3) is 0 Å². The summed E-state index contributed by atoms with van der Waals surface area (Å²) in [5.74, 6) is -0.381. The van der Waals surface area contributed by atoms with Gasteiger partial charge in [0, 0.05) is 19.0 Å². The highest BCUT2D eigenvalue weighted by molar-refractivity contribution is 5.74. The number of carbonyl (C=O) groups is 1. The van der Waals surface area contributed by atoms with E-state index < -0.39 is 6.10 Å². The number of aliphatic hydroxyl groups is 2. The fourth-order valence-corrected chi connectivity index (χ4v) is 0.776. The molecule has 0 aromatic carbocycles. The van der Waals surface area contributed by atoms with Crippen LogP contribution in [0.1, 0.15) is 13.3 Å². The average molecular weight is 176 g/mol. The van der Waals surface area contributed by atoms with E-state index in [0.29, 0.717) is 0 Å². The Morgan fingerprint density at radius 3 is 2.67 bits per heavy atom. The topological polar surface area (TPSA) is 95.6 Å². The maximum atomic E-state index is 10.4. The van der Waals surface area contributed by atoms with Gasteiger partial charge in [-0.25, -0.2) is 0 Å². The number of carbonyl (C=O) groups excluding carboxylic acids is 1. The van der Waals surface area contributed by atoms with E-state index in [-0.39, 0.29) is 31.5 Å². The third kappa shape index (κ3) is 6.09. The smallest absolute Gasteiger partial charge is 0.218 e. The Kier molecular flexibility index (Phi) is 5.61. The maximum absolute atomic E-state index is 10.4. The average Bonchev–Trinajstić information content (AvgIpc) is 1.99. The summed E-state index contributed by atoms with van der Waals surface area (Å²) in [5, 5.41) is 20.2. The molecule has 0 aliphatic heterocycles. The van der Waals surface area contributed by atoms with Crippen LogP contribution in [-0.2, 0) is 4.79 Å². The summed E-state index contributed by atoms with van der Waals surface area (Å²) in [6.45, 7) is 1.77. The molecule has 0 fully saturated rings. The first kappa shape index (κ1) is 11.4. The van der Waals surface area contributed by atoms with Crippen molar-refractivity contribution < 1.29 is 15.0 Å². The lowest BCUT2D eigenvalue weighted by molar-refractivity contribution is -0.118. The Labute approximate surface area is 71.6 Å². The van der Waals surface area contributed by atoms with E-state index in [1.807, 2.05) is 0 Å². The number of hydrogen-bond donors (Lipinski definition) is 4. The molecule has 5 heteroatoms. The van der Waals surface area contributed by atoms with Crippen LogP contribution in [0.5, 0.6) is 0 Å². The third-order valence-electron chi connectivity index (χ3n) is 1.42. The van der Waals surface area contributed by atoms with E-state index in [1.165, 1.54) is 0 Å². The van der Waals surface area contributed by atoms with E-state index in [4.69, 9.17) is 15.9 Å². The van der Waals surface area contributed by atoms with Crippen molar-refractivity contribution in [3.63, 3.8) is 0 Å². The largest absolute Gasteiger partial charge is 0.394 e. The van der Waals surface area contributed by atoms with Gasteiger partial charge in [0.05, 0.1) is 12.7 Å². The molecule has 0 heterocycles. The van der Waals surface area contributed by atoms with Gasteiger partial charge in [-0.3, -0.25) is 4.79 Å². The van der Waals surface area contributed by atoms with Crippen molar-refractivity contribution >= 4 is 5.91 Å². The van der Waals surface area contributed by atoms with Crippen LogP contribution in [0.4, 0.5) is 0 Å². The lowest BCUT2D eigenvalue weighted by Crippen LogP contribution is -2.37. The molecule has 0 saturated heterocycles. The summed E-state index contributed by atoms with van der Waals surface area (Å²) < 4.78 is 0. The summed E-state index contributed by atoms with van der Waals surface area (Å²) in [6.07, 6.45) is -0.543. The molecule has 12 heavy (non-hydrogen) atoms. The van der Waals surface area contributed by atoms with Crippen LogP contribution < -0.4 is 11.1 Å². The minimum Gasteiger partial charge on any atom is -0.394 e. The molecule has 5 nitrogen and oxygen atoms in total. The predicted octanol–water partition coefficient (Wildman–Crippen LogP) is -1.81. The van der Waals surface area contributed by atoms with Crippen molar-refractivity contribution in [1.82, 2.24) is 5.32 Å². The summed E-state index contributed by atoms with van der Waals surface area (Å²) in [5.41, 5.74) is 4.94. The lowest BCUT2D eigenvalue weighted by atomic mass is 10.2. The summed E-state index contributed by atoms with van der Waals surface area (Å²) in [6, 6.07) is -0.0660. The number of hydrogen-bond acceptors (Lipinski definition) is 4. The lowest BCUT2D eigenvalue weighted by Gasteiger charge is -2.13. The molecule has 0 bridgehead atoms. The van der Waals surface area contributed by atoms with Crippen molar-refractivity contribution in [1.29, 1.82) is 0 Å². The summed E-state index contributed by atoms with van der Waals surface area (Å²) >= 11 is 0. The van der Waals surface area contributed by atoms with Gasteiger partial charge in [0.2, 0.25) is 5.91 Å². The first-order valence-electron chi connectivity index (χ1n) is 3.87. The van der Waals surface area contributed by atoms with Gasteiger partial charge >= 0.3 is 0 Å². The first-order chi connectivity index (χ1) is 5.56. The van der Waals surface area contributed by atoms with Crippen molar-refractivity contribution in [2.45, 2.75) is 25.5 Å². The van der Waals surface area contributed by atoms with Crippen molar-refractivity contribution in [2.24, 2.45) is 5.73 Å². The van der Waals surface area contributed by atoms with E-state index in [1.54, 1.807) is 6.92 Å². The summed E-state index contributed by atoms with van der Waals surface area (Å²) in [7, 11) is 0. The Bertz CT molecular complexity index is 141. The third-order valence-corrected chi connectivity index (χ3v) is 1.42. The molecule has 0 rings (SSSR count). The Balaban J connectivity index is 3.43. The van der Waals surface area contributed by atoms with E-state index in [9.17, 15) is 4.79 Å². The number of primary amides is 1. The van der Waals surface area contributed by atoms with Crippen LogP contribution >= 0.6 is 0 Å². The molecule has 5 N–H and O–H groups in total. The number of aliphatic hydroxyl groups excluding tert-OH is 2.